The molecule has 0 aromatic carbocycles. The molecule has 3 heterocycles. The zero-order valence-electron chi connectivity index (χ0n) is 11.2. The molecule has 3 aliphatic heterocycles. The molecule has 0 aliphatic carbocycles. The summed E-state index contributed by atoms with van der Waals surface area (Å²) < 4.78 is 0. The molecule has 0 radical (unpaired) electrons. The third-order valence-electron chi connectivity index (χ3n) is 4.73. The standard InChI is InChI=1S/C14H25N3O/c18-14-12-5-3-6-15-13(12)11-17(14)10-4-9-16-7-1-2-8-16/h12-13,15H,1-11H2. The second kappa shape index (κ2) is 5.57. The van der Waals surface area contributed by atoms with E-state index in [9.17, 15) is 4.79 Å². The minimum atomic E-state index is 0.283. The highest BCUT2D eigenvalue weighted by atomic mass is 16.2. The van der Waals surface area contributed by atoms with Crippen LogP contribution in [0.25, 0.3) is 0 Å². The summed E-state index contributed by atoms with van der Waals surface area (Å²) in [6.07, 6.45) is 6.12. The molecule has 2 unspecified atom stereocenters. The molecule has 102 valence electrons. The number of carbonyl (C=O) groups is 1. The molecule has 0 bridgehead atoms. The minimum absolute atomic E-state index is 0.283. The molecule has 1 amide bonds. The molecule has 4 heteroatoms. The summed E-state index contributed by atoms with van der Waals surface area (Å²) >= 11 is 0. The van der Waals surface area contributed by atoms with Crippen molar-refractivity contribution in [3.05, 3.63) is 0 Å². The van der Waals surface area contributed by atoms with E-state index in [1.807, 2.05) is 0 Å². The van der Waals surface area contributed by atoms with Gasteiger partial charge in [0.2, 0.25) is 5.91 Å². The summed E-state index contributed by atoms with van der Waals surface area (Å²) in [5.41, 5.74) is 0. The Morgan fingerprint density at radius 1 is 1.17 bits per heavy atom. The molecule has 3 saturated heterocycles. The van der Waals surface area contributed by atoms with Crippen molar-refractivity contribution < 1.29 is 4.79 Å². The first-order valence-corrected chi connectivity index (χ1v) is 7.59. The number of fused-ring (bicyclic) bond motifs is 1. The Bertz CT molecular complexity index is 301. The summed E-state index contributed by atoms with van der Waals surface area (Å²) in [5.74, 6) is 0.694. The molecule has 4 nitrogen and oxygen atoms in total. The fourth-order valence-corrected chi connectivity index (χ4v) is 3.70. The number of amides is 1. The predicted octanol–water partition coefficient (Wildman–Crippen LogP) is 0.683. The number of rotatable bonds is 4. The minimum Gasteiger partial charge on any atom is -0.341 e. The van der Waals surface area contributed by atoms with E-state index in [1.54, 1.807) is 0 Å². The van der Waals surface area contributed by atoms with Crippen LogP contribution in [-0.4, -0.2) is 61.0 Å². The molecule has 1 N–H and O–H groups in total. The highest BCUT2D eigenvalue weighted by Gasteiger charge is 2.40. The maximum Gasteiger partial charge on any atom is 0.227 e. The number of nitrogens with zero attached hydrogens (tertiary/aromatic N) is 2. The van der Waals surface area contributed by atoms with Crippen molar-refractivity contribution in [3.63, 3.8) is 0 Å². The average Bonchev–Trinajstić information content (AvgIpc) is 3.00. The maximum atomic E-state index is 12.2. The Morgan fingerprint density at radius 2 is 2.00 bits per heavy atom. The molecular formula is C14H25N3O. The Labute approximate surface area is 110 Å². The van der Waals surface area contributed by atoms with Crippen molar-refractivity contribution in [2.75, 3.05) is 39.3 Å². The van der Waals surface area contributed by atoms with Crippen molar-refractivity contribution >= 4 is 5.91 Å². The lowest BCUT2D eigenvalue weighted by Gasteiger charge is -2.23. The van der Waals surface area contributed by atoms with Crippen molar-refractivity contribution in [2.24, 2.45) is 5.92 Å². The number of hydrogen-bond donors (Lipinski definition) is 1. The van der Waals surface area contributed by atoms with Gasteiger partial charge in [-0.15, -0.1) is 0 Å². The number of hydrogen-bond acceptors (Lipinski definition) is 3. The number of likely N-dealkylation sites (tertiary alicyclic amines) is 2. The van der Waals surface area contributed by atoms with Gasteiger partial charge in [-0.1, -0.05) is 0 Å². The van der Waals surface area contributed by atoms with Gasteiger partial charge in [0.05, 0.1) is 5.92 Å². The van der Waals surface area contributed by atoms with Crippen LogP contribution in [0.5, 0.6) is 0 Å². The van der Waals surface area contributed by atoms with Gasteiger partial charge in [-0.3, -0.25) is 4.79 Å². The highest BCUT2D eigenvalue weighted by Crippen LogP contribution is 2.26. The van der Waals surface area contributed by atoms with Gasteiger partial charge >= 0.3 is 0 Å². The first-order valence-electron chi connectivity index (χ1n) is 7.59. The summed E-state index contributed by atoms with van der Waals surface area (Å²) in [5, 5.41) is 3.50. The molecule has 3 rings (SSSR count). The van der Waals surface area contributed by atoms with E-state index in [2.05, 4.69) is 15.1 Å². The maximum absolute atomic E-state index is 12.2. The van der Waals surface area contributed by atoms with Crippen LogP contribution in [0, 0.1) is 5.92 Å². The predicted molar refractivity (Wildman–Crippen MR) is 71.4 cm³/mol. The van der Waals surface area contributed by atoms with Crippen LogP contribution in [0.4, 0.5) is 0 Å². The first-order chi connectivity index (χ1) is 8.84. The van der Waals surface area contributed by atoms with Crippen LogP contribution in [0.3, 0.4) is 0 Å². The summed E-state index contributed by atoms with van der Waals surface area (Å²) in [7, 11) is 0. The van der Waals surface area contributed by atoms with E-state index in [-0.39, 0.29) is 5.92 Å². The molecule has 0 aromatic heterocycles. The van der Waals surface area contributed by atoms with Crippen LogP contribution in [-0.2, 0) is 4.79 Å². The van der Waals surface area contributed by atoms with Gasteiger partial charge in [0.25, 0.3) is 0 Å². The van der Waals surface area contributed by atoms with Crippen molar-refractivity contribution in [2.45, 2.75) is 38.1 Å². The normalized spacial score (nSPS) is 33.1. The zero-order chi connectivity index (χ0) is 12.4. The largest absolute Gasteiger partial charge is 0.341 e. The smallest absolute Gasteiger partial charge is 0.227 e. The van der Waals surface area contributed by atoms with Crippen LogP contribution < -0.4 is 5.32 Å². The third kappa shape index (κ3) is 2.54. The molecule has 0 aromatic rings. The second-order valence-electron chi connectivity index (χ2n) is 6.00. The Kier molecular flexibility index (Phi) is 3.85. The second-order valence-corrected chi connectivity index (χ2v) is 6.00. The van der Waals surface area contributed by atoms with E-state index in [0.717, 1.165) is 38.9 Å². The lowest BCUT2D eigenvalue weighted by molar-refractivity contribution is -0.131. The zero-order valence-corrected chi connectivity index (χ0v) is 11.2. The Hall–Kier alpha value is -0.610. The monoisotopic (exact) mass is 251 g/mol. The highest BCUT2D eigenvalue weighted by molar-refractivity contribution is 5.82. The van der Waals surface area contributed by atoms with Gasteiger partial charge in [-0.25, -0.2) is 0 Å². The lowest BCUT2D eigenvalue weighted by Crippen LogP contribution is -2.41. The Morgan fingerprint density at radius 3 is 2.78 bits per heavy atom. The molecule has 0 saturated carbocycles. The molecule has 0 spiro atoms. The van der Waals surface area contributed by atoms with Crippen LogP contribution >= 0.6 is 0 Å². The van der Waals surface area contributed by atoms with E-state index < -0.39 is 0 Å². The molecule has 18 heavy (non-hydrogen) atoms. The van der Waals surface area contributed by atoms with E-state index in [1.165, 1.54) is 32.5 Å². The van der Waals surface area contributed by atoms with Gasteiger partial charge in [-0.2, -0.15) is 0 Å². The fraction of sp³-hybridized carbons (Fsp3) is 0.929. The fourth-order valence-electron chi connectivity index (χ4n) is 3.70. The first kappa shape index (κ1) is 12.4. The van der Waals surface area contributed by atoms with Gasteiger partial charge in [0.15, 0.2) is 0 Å². The van der Waals surface area contributed by atoms with Crippen LogP contribution in [0.2, 0.25) is 0 Å². The van der Waals surface area contributed by atoms with Gasteiger partial charge in [-0.05, 0) is 58.3 Å². The molecule has 3 aliphatic rings. The molecular weight excluding hydrogens is 226 g/mol. The van der Waals surface area contributed by atoms with Crippen LogP contribution in [0.1, 0.15) is 32.1 Å². The van der Waals surface area contributed by atoms with Crippen molar-refractivity contribution in [3.8, 4) is 0 Å². The molecule has 3 fully saturated rings. The number of piperidine rings is 1. The lowest BCUT2D eigenvalue weighted by atomic mass is 9.94. The van der Waals surface area contributed by atoms with Gasteiger partial charge in [0, 0.05) is 19.1 Å². The SMILES string of the molecule is O=C1C2CCCNC2CN1CCCN1CCCC1. The quantitative estimate of drug-likeness (QED) is 0.798. The van der Waals surface area contributed by atoms with Crippen molar-refractivity contribution in [1.29, 1.82) is 0 Å². The summed E-state index contributed by atoms with van der Waals surface area (Å²) in [4.78, 5) is 16.9. The topological polar surface area (TPSA) is 35.6 Å². The number of nitrogens with one attached hydrogen (secondary N) is 1. The van der Waals surface area contributed by atoms with Gasteiger partial charge in [0.1, 0.15) is 0 Å². The third-order valence-corrected chi connectivity index (χ3v) is 4.73. The molecule has 2 atom stereocenters. The van der Waals surface area contributed by atoms with E-state index in [4.69, 9.17) is 0 Å². The van der Waals surface area contributed by atoms with Crippen molar-refractivity contribution in [1.82, 2.24) is 15.1 Å². The number of carbonyl (C=O) groups excluding carboxylic acids is 1. The van der Waals surface area contributed by atoms with E-state index >= 15 is 0 Å². The van der Waals surface area contributed by atoms with E-state index in [0.29, 0.717) is 11.9 Å². The summed E-state index contributed by atoms with van der Waals surface area (Å²) in [6.45, 7) is 6.71. The summed E-state index contributed by atoms with van der Waals surface area (Å²) in [6, 6.07) is 0.443. The average molecular weight is 251 g/mol. The van der Waals surface area contributed by atoms with Crippen LogP contribution in [0.15, 0.2) is 0 Å². The Balaban J connectivity index is 1.43. The van der Waals surface area contributed by atoms with Gasteiger partial charge < -0.3 is 15.1 Å².